The second kappa shape index (κ2) is 4.07. The van der Waals surface area contributed by atoms with E-state index in [9.17, 15) is 4.39 Å². The van der Waals surface area contributed by atoms with Crippen molar-refractivity contribution in [3.8, 4) is 11.3 Å². The molecule has 0 amide bonds. The molecule has 0 saturated carbocycles. The molecule has 0 atom stereocenters. The summed E-state index contributed by atoms with van der Waals surface area (Å²) in [4.78, 5) is 8.43. The summed E-state index contributed by atoms with van der Waals surface area (Å²) in [6, 6.07) is 11.9. The maximum atomic E-state index is 13.2. The second-order valence-corrected chi connectivity index (χ2v) is 3.97. The van der Waals surface area contributed by atoms with E-state index in [1.165, 1.54) is 12.1 Å². The van der Waals surface area contributed by atoms with Gasteiger partial charge in [0.15, 0.2) is 0 Å². The van der Waals surface area contributed by atoms with Crippen LogP contribution in [0.25, 0.3) is 22.2 Å². The zero-order valence-electron chi connectivity index (χ0n) is 9.47. The van der Waals surface area contributed by atoms with Crippen LogP contribution in [0, 0.1) is 5.82 Å². The van der Waals surface area contributed by atoms with E-state index in [2.05, 4.69) is 9.97 Å². The molecule has 3 nitrogen and oxygen atoms in total. The molecule has 0 saturated heterocycles. The van der Waals surface area contributed by atoms with Crippen LogP contribution in [0.15, 0.2) is 48.7 Å². The van der Waals surface area contributed by atoms with Crippen molar-refractivity contribution in [2.24, 2.45) is 0 Å². The fourth-order valence-electron chi connectivity index (χ4n) is 1.88. The molecular formula is C14H10FN3. The molecule has 0 aliphatic rings. The van der Waals surface area contributed by atoms with Crippen LogP contribution in [0.5, 0.6) is 0 Å². The number of nitrogens with zero attached hydrogens (tertiary/aromatic N) is 2. The summed E-state index contributed by atoms with van der Waals surface area (Å²) < 4.78 is 13.2. The van der Waals surface area contributed by atoms with Gasteiger partial charge < -0.3 is 5.73 Å². The number of halogens is 1. The Balaban J connectivity index is 2.22. The van der Waals surface area contributed by atoms with E-state index in [1.807, 2.05) is 24.3 Å². The highest BCUT2D eigenvalue weighted by Gasteiger charge is 2.05. The minimum absolute atomic E-state index is 0.284. The number of nitrogen functional groups attached to an aromatic ring is 1. The third-order valence-electron chi connectivity index (χ3n) is 2.76. The summed E-state index contributed by atoms with van der Waals surface area (Å²) in [7, 11) is 0. The molecule has 0 aliphatic heterocycles. The lowest BCUT2D eigenvalue weighted by atomic mass is 10.1. The van der Waals surface area contributed by atoms with E-state index in [0.29, 0.717) is 17.0 Å². The van der Waals surface area contributed by atoms with Crippen molar-refractivity contribution in [1.29, 1.82) is 0 Å². The van der Waals surface area contributed by atoms with Crippen LogP contribution in [0.2, 0.25) is 0 Å². The van der Waals surface area contributed by atoms with Gasteiger partial charge in [-0.2, -0.15) is 0 Å². The SMILES string of the molecule is Nc1nccc2ccc(-c3cccc(F)c3)nc12. The Kier molecular flexibility index (Phi) is 2.41. The van der Waals surface area contributed by atoms with Crippen LogP contribution < -0.4 is 5.73 Å². The first-order valence-corrected chi connectivity index (χ1v) is 5.51. The Hall–Kier alpha value is -2.49. The number of aromatic nitrogens is 2. The summed E-state index contributed by atoms with van der Waals surface area (Å²) in [5, 5.41) is 0.919. The van der Waals surface area contributed by atoms with Crippen molar-refractivity contribution in [1.82, 2.24) is 9.97 Å². The molecule has 4 heteroatoms. The third kappa shape index (κ3) is 1.78. The van der Waals surface area contributed by atoms with E-state index in [1.54, 1.807) is 12.3 Å². The number of hydrogen-bond acceptors (Lipinski definition) is 3. The molecule has 0 fully saturated rings. The van der Waals surface area contributed by atoms with Gasteiger partial charge in [0, 0.05) is 17.1 Å². The topological polar surface area (TPSA) is 51.8 Å². The lowest BCUT2D eigenvalue weighted by molar-refractivity contribution is 0.628. The summed E-state index contributed by atoms with van der Waals surface area (Å²) >= 11 is 0. The molecule has 88 valence electrons. The highest BCUT2D eigenvalue weighted by molar-refractivity contribution is 5.88. The zero-order valence-corrected chi connectivity index (χ0v) is 9.47. The van der Waals surface area contributed by atoms with Gasteiger partial charge in [0.05, 0.1) is 5.69 Å². The van der Waals surface area contributed by atoms with Crippen LogP contribution in [0.1, 0.15) is 0 Å². The first-order valence-electron chi connectivity index (χ1n) is 5.51. The smallest absolute Gasteiger partial charge is 0.149 e. The van der Waals surface area contributed by atoms with Gasteiger partial charge in [-0.25, -0.2) is 14.4 Å². The Morgan fingerprint density at radius 3 is 2.78 bits per heavy atom. The van der Waals surface area contributed by atoms with Gasteiger partial charge in [0.2, 0.25) is 0 Å². The standard InChI is InChI=1S/C14H10FN3/c15-11-3-1-2-10(8-11)12-5-4-9-6-7-17-14(16)13(9)18-12/h1-8H,(H2,16,17). The summed E-state index contributed by atoms with van der Waals surface area (Å²) in [5.74, 6) is 0.0966. The Labute approximate surface area is 103 Å². The molecule has 0 unspecified atom stereocenters. The molecule has 0 aliphatic carbocycles. The average molecular weight is 239 g/mol. The predicted octanol–water partition coefficient (Wildman–Crippen LogP) is 3.02. The van der Waals surface area contributed by atoms with Gasteiger partial charge in [-0.1, -0.05) is 18.2 Å². The Bertz CT molecular complexity index is 725. The number of rotatable bonds is 1. The van der Waals surface area contributed by atoms with Gasteiger partial charge in [-0.15, -0.1) is 0 Å². The Morgan fingerprint density at radius 2 is 1.94 bits per heavy atom. The molecule has 2 N–H and O–H groups in total. The van der Waals surface area contributed by atoms with Crippen molar-refractivity contribution in [3.63, 3.8) is 0 Å². The molecule has 0 spiro atoms. The summed E-state index contributed by atoms with van der Waals surface area (Å²) in [5.41, 5.74) is 7.83. The maximum Gasteiger partial charge on any atom is 0.149 e. The Morgan fingerprint density at radius 1 is 1.06 bits per heavy atom. The fraction of sp³-hybridized carbons (Fsp3) is 0. The number of pyridine rings is 2. The highest BCUT2D eigenvalue weighted by atomic mass is 19.1. The molecule has 3 aromatic rings. The van der Waals surface area contributed by atoms with Gasteiger partial charge >= 0.3 is 0 Å². The van der Waals surface area contributed by atoms with Gasteiger partial charge in [0.25, 0.3) is 0 Å². The molecule has 2 aromatic heterocycles. The molecule has 3 rings (SSSR count). The zero-order chi connectivity index (χ0) is 12.5. The first-order chi connectivity index (χ1) is 8.74. The third-order valence-corrected chi connectivity index (χ3v) is 2.76. The minimum atomic E-state index is -0.284. The minimum Gasteiger partial charge on any atom is -0.382 e. The quantitative estimate of drug-likeness (QED) is 0.710. The van der Waals surface area contributed by atoms with Crippen molar-refractivity contribution in [2.75, 3.05) is 5.73 Å². The molecule has 18 heavy (non-hydrogen) atoms. The van der Waals surface area contributed by atoms with Crippen molar-refractivity contribution < 1.29 is 4.39 Å². The molecule has 0 radical (unpaired) electrons. The molecular weight excluding hydrogens is 229 g/mol. The maximum absolute atomic E-state index is 13.2. The normalized spacial score (nSPS) is 10.7. The lowest BCUT2D eigenvalue weighted by Crippen LogP contribution is -1.94. The van der Waals surface area contributed by atoms with E-state index in [4.69, 9.17) is 5.73 Å². The number of fused-ring (bicyclic) bond motifs is 1. The second-order valence-electron chi connectivity index (χ2n) is 3.97. The predicted molar refractivity (Wildman–Crippen MR) is 69.3 cm³/mol. The van der Waals surface area contributed by atoms with Gasteiger partial charge in [-0.05, 0) is 24.3 Å². The van der Waals surface area contributed by atoms with Gasteiger partial charge in [0.1, 0.15) is 17.2 Å². The largest absolute Gasteiger partial charge is 0.382 e. The number of anilines is 1. The summed E-state index contributed by atoms with van der Waals surface area (Å²) in [6.07, 6.45) is 1.64. The van der Waals surface area contributed by atoms with Gasteiger partial charge in [-0.3, -0.25) is 0 Å². The highest BCUT2D eigenvalue weighted by Crippen LogP contribution is 2.23. The number of benzene rings is 1. The average Bonchev–Trinajstić information content (AvgIpc) is 2.39. The van der Waals surface area contributed by atoms with Crippen molar-refractivity contribution >= 4 is 16.7 Å². The fourth-order valence-corrected chi connectivity index (χ4v) is 1.88. The van der Waals surface area contributed by atoms with E-state index >= 15 is 0 Å². The van der Waals surface area contributed by atoms with Crippen molar-refractivity contribution in [3.05, 3.63) is 54.5 Å². The first kappa shape index (κ1) is 10.7. The monoisotopic (exact) mass is 239 g/mol. The van der Waals surface area contributed by atoms with Crippen LogP contribution in [0.4, 0.5) is 10.2 Å². The van der Waals surface area contributed by atoms with Crippen LogP contribution in [-0.4, -0.2) is 9.97 Å². The van der Waals surface area contributed by atoms with Crippen LogP contribution >= 0.6 is 0 Å². The number of hydrogen-bond donors (Lipinski definition) is 1. The number of nitrogens with two attached hydrogens (primary N) is 1. The van der Waals surface area contributed by atoms with E-state index < -0.39 is 0 Å². The van der Waals surface area contributed by atoms with Crippen LogP contribution in [0.3, 0.4) is 0 Å². The molecule has 2 heterocycles. The molecule has 1 aromatic carbocycles. The summed E-state index contributed by atoms with van der Waals surface area (Å²) in [6.45, 7) is 0. The lowest BCUT2D eigenvalue weighted by Gasteiger charge is -2.04. The van der Waals surface area contributed by atoms with Crippen molar-refractivity contribution in [2.45, 2.75) is 0 Å². The molecule has 0 bridgehead atoms. The van der Waals surface area contributed by atoms with Crippen LogP contribution in [-0.2, 0) is 0 Å². The van der Waals surface area contributed by atoms with E-state index in [0.717, 1.165) is 10.9 Å². The van der Waals surface area contributed by atoms with E-state index in [-0.39, 0.29) is 5.82 Å².